The number of aliphatic imine (C=N–C) groups is 1. The minimum absolute atomic E-state index is 0. The fraction of sp³-hybridized carbons (Fsp3) is 0.650. The summed E-state index contributed by atoms with van der Waals surface area (Å²) in [6, 6.07) is 8.54. The van der Waals surface area contributed by atoms with Crippen molar-refractivity contribution in [2.45, 2.75) is 32.9 Å². The fourth-order valence-corrected chi connectivity index (χ4v) is 2.99. The van der Waals surface area contributed by atoms with Crippen molar-refractivity contribution in [2.24, 2.45) is 4.99 Å². The van der Waals surface area contributed by atoms with Crippen molar-refractivity contribution in [1.29, 1.82) is 0 Å². The van der Waals surface area contributed by atoms with Crippen LogP contribution in [-0.4, -0.2) is 69.9 Å². The minimum Gasteiger partial charge on any atom is -0.379 e. The Morgan fingerprint density at radius 3 is 2.33 bits per heavy atom. The normalized spacial score (nSPS) is 15.8. The lowest BCUT2D eigenvalue weighted by Gasteiger charge is -2.41. The predicted molar refractivity (Wildman–Crippen MR) is 125 cm³/mol. The fourth-order valence-electron chi connectivity index (χ4n) is 2.99. The van der Waals surface area contributed by atoms with Crippen LogP contribution in [0.4, 0.5) is 5.69 Å². The van der Waals surface area contributed by atoms with Crippen LogP contribution in [0.25, 0.3) is 0 Å². The van der Waals surface area contributed by atoms with E-state index in [1.54, 1.807) is 0 Å². The second-order valence-electron chi connectivity index (χ2n) is 7.52. The first-order valence-electron chi connectivity index (χ1n) is 9.53. The number of halogens is 1. The molecule has 1 aliphatic heterocycles. The van der Waals surface area contributed by atoms with Gasteiger partial charge in [0.05, 0.1) is 19.8 Å². The molecular formula is C20H36IN5O. The third-order valence-electron chi connectivity index (χ3n) is 4.77. The molecule has 0 atom stereocenters. The summed E-state index contributed by atoms with van der Waals surface area (Å²) in [5.74, 6) is 0.866. The van der Waals surface area contributed by atoms with Gasteiger partial charge in [-0.15, -0.1) is 24.0 Å². The zero-order valence-corrected chi connectivity index (χ0v) is 19.7. The summed E-state index contributed by atoms with van der Waals surface area (Å²) in [4.78, 5) is 9.33. The lowest BCUT2D eigenvalue weighted by Crippen LogP contribution is -2.56. The average Bonchev–Trinajstić information content (AvgIpc) is 2.65. The van der Waals surface area contributed by atoms with Crippen molar-refractivity contribution < 1.29 is 4.74 Å². The highest BCUT2D eigenvalue weighted by Gasteiger charge is 2.28. The average molecular weight is 489 g/mol. The number of benzene rings is 1. The molecule has 0 unspecified atom stereocenters. The second-order valence-corrected chi connectivity index (χ2v) is 7.52. The summed E-state index contributed by atoms with van der Waals surface area (Å²) >= 11 is 0. The molecule has 0 saturated carbocycles. The van der Waals surface area contributed by atoms with Crippen molar-refractivity contribution >= 4 is 35.6 Å². The van der Waals surface area contributed by atoms with Crippen LogP contribution in [0.3, 0.4) is 0 Å². The van der Waals surface area contributed by atoms with E-state index in [2.05, 4.69) is 79.6 Å². The van der Waals surface area contributed by atoms with Gasteiger partial charge in [-0.3, -0.25) is 4.90 Å². The molecule has 0 bridgehead atoms. The molecule has 1 aromatic carbocycles. The third kappa shape index (κ3) is 7.83. The Balaban J connectivity index is 0.00000364. The van der Waals surface area contributed by atoms with Crippen LogP contribution >= 0.6 is 24.0 Å². The molecule has 7 heteroatoms. The predicted octanol–water partition coefficient (Wildman–Crippen LogP) is 2.54. The maximum Gasteiger partial charge on any atom is 0.191 e. The molecule has 2 N–H and O–H groups in total. The summed E-state index contributed by atoms with van der Waals surface area (Å²) in [6.45, 7) is 12.6. The Morgan fingerprint density at radius 1 is 1.15 bits per heavy atom. The molecule has 1 aliphatic rings. The van der Waals surface area contributed by atoms with E-state index in [0.29, 0.717) is 6.54 Å². The number of morpholine rings is 1. The number of rotatable bonds is 7. The number of hydrogen-bond acceptors (Lipinski definition) is 4. The molecule has 2 rings (SSSR count). The van der Waals surface area contributed by atoms with Gasteiger partial charge in [-0.2, -0.15) is 0 Å². The van der Waals surface area contributed by atoms with E-state index in [1.807, 2.05) is 0 Å². The van der Waals surface area contributed by atoms with Crippen LogP contribution in [0, 0.1) is 0 Å². The molecule has 0 aromatic heterocycles. The summed E-state index contributed by atoms with van der Waals surface area (Å²) in [6.07, 6.45) is 0. The molecule has 0 amide bonds. The Kier molecular flexibility index (Phi) is 10.4. The highest BCUT2D eigenvalue weighted by atomic mass is 127. The van der Waals surface area contributed by atoms with Crippen LogP contribution in [0.2, 0.25) is 0 Å². The lowest BCUT2D eigenvalue weighted by molar-refractivity contribution is -0.00834. The molecule has 1 saturated heterocycles. The van der Waals surface area contributed by atoms with Gasteiger partial charge in [-0.25, -0.2) is 4.99 Å². The summed E-state index contributed by atoms with van der Waals surface area (Å²) in [5, 5.41) is 6.85. The van der Waals surface area contributed by atoms with E-state index < -0.39 is 0 Å². The zero-order valence-electron chi connectivity index (χ0n) is 17.4. The molecule has 27 heavy (non-hydrogen) atoms. The molecule has 6 nitrogen and oxygen atoms in total. The molecule has 1 heterocycles. The van der Waals surface area contributed by atoms with Gasteiger partial charge >= 0.3 is 0 Å². The summed E-state index contributed by atoms with van der Waals surface area (Å²) in [7, 11) is 4.10. The monoisotopic (exact) mass is 489 g/mol. The molecule has 0 aliphatic carbocycles. The lowest BCUT2D eigenvalue weighted by atomic mass is 10.0. The number of nitrogens with zero attached hydrogens (tertiary/aromatic N) is 3. The Bertz CT molecular complexity index is 568. The maximum absolute atomic E-state index is 5.47. The quantitative estimate of drug-likeness (QED) is 0.351. The number of nitrogens with one attached hydrogen (secondary N) is 2. The number of hydrogen-bond donors (Lipinski definition) is 2. The van der Waals surface area contributed by atoms with Gasteiger partial charge in [0.25, 0.3) is 0 Å². The Labute approximate surface area is 181 Å². The van der Waals surface area contributed by atoms with Crippen molar-refractivity contribution in [3.63, 3.8) is 0 Å². The summed E-state index contributed by atoms with van der Waals surface area (Å²) in [5.41, 5.74) is 2.48. The standard InChI is InChI=1S/C20H35N5O.HI/c1-6-21-19(22-15-17-7-9-18(10-8-17)24(4)5)23-16-20(2,3)25-11-13-26-14-12-25;/h7-10H,6,11-16H2,1-5H3,(H2,21,22,23);1H. The Morgan fingerprint density at radius 2 is 1.78 bits per heavy atom. The largest absolute Gasteiger partial charge is 0.379 e. The number of ether oxygens (including phenoxy) is 1. The number of guanidine groups is 1. The first kappa shape index (κ1) is 24.0. The van der Waals surface area contributed by atoms with Gasteiger partial charge < -0.3 is 20.3 Å². The topological polar surface area (TPSA) is 52.1 Å². The van der Waals surface area contributed by atoms with Crippen LogP contribution in [0.15, 0.2) is 29.3 Å². The molecule has 0 radical (unpaired) electrons. The third-order valence-corrected chi connectivity index (χ3v) is 4.77. The first-order valence-corrected chi connectivity index (χ1v) is 9.53. The molecule has 0 spiro atoms. The maximum atomic E-state index is 5.47. The molecule has 1 aromatic rings. The van der Waals surface area contributed by atoms with E-state index >= 15 is 0 Å². The van der Waals surface area contributed by atoms with Gasteiger partial charge in [0.1, 0.15) is 0 Å². The van der Waals surface area contributed by atoms with Gasteiger partial charge in [-0.05, 0) is 38.5 Å². The van der Waals surface area contributed by atoms with E-state index in [0.717, 1.165) is 45.4 Å². The molecule has 154 valence electrons. The van der Waals surface area contributed by atoms with Gasteiger partial charge in [0.15, 0.2) is 5.96 Å². The Hall–Kier alpha value is -1.06. The van der Waals surface area contributed by atoms with Crippen molar-refractivity contribution in [3.05, 3.63) is 29.8 Å². The van der Waals surface area contributed by atoms with Crippen LogP contribution in [0.5, 0.6) is 0 Å². The van der Waals surface area contributed by atoms with Gasteiger partial charge in [-0.1, -0.05) is 12.1 Å². The van der Waals surface area contributed by atoms with Crippen LogP contribution in [-0.2, 0) is 11.3 Å². The van der Waals surface area contributed by atoms with E-state index in [9.17, 15) is 0 Å². The SMILES string of the molecule is CCNC(=NCc1ccc(N(C)C)cc1)NCC(C)(C)N1CCOCC1.I. The minimum atomic E-state index is 0. The molecular weight excluding hydrogens is 453 g/mol. The van der Waals surface area contributed by atoms with E-state index in [1.165, 1.54) is 11.3 Å². The highest BCUT2D eigenvalue weighted by molar-refractivity contribution is 14.0. The zero-order chi connectivity index (χ0) is 19.0. The van der Waals surface area contributed by atoms with Crippen LogP contribution < -0.4 is 15.5 Å². The van der Waals surface area contributed by atoms with Crippen molar-refractivity contribution in [1.82, 2.24) is 15.5 Å². The van der Waals surface area contributed by atoms with Crippen molar-refractivity contribution in [3.8, 4) is 0 Å². The first-order chi connectivity index (χ1) is 12.4. The second kappa shape index (κ2) is 11.7. The van der Waals surface area contributed by atoms with Crippen molar-refractivity contribution in [2.75, 3.05) is 58.4 Å². The number of anilines is 1. The van der Waals surface area contributed by atoms with E-state index in [-0.39, 0.29) is 29.5 Å². The highest BCUT2D eigenvalue weighted by Crippen LogP contribution is 2.15. The molecule has 1 fully saturated rings. The van der Waals surface area contributed by atoms with E-state index in [4.69, 9.17) is 9.73 Å². The summed E-state index contributed by atoms with van der Waals surface area (Å²) < 4.78 is 5.47. The van der Waals surface area contributed by atoms with Crippen LogP contribution in [0.1, 0.15) is 26.3 Å². The van der Waals surface area contributed by atoms with Gasteiger partial charge in [0, 0.05) is 51.5 Å². The van der Waals surface area contributed by atoms with Gasteiger partial charge in [0.2, 0.25) is 0 Å². The smallest absolute Gasteiger partial charge is 0.191 e.